The van der Waals surface area contributed by atoms with Crippen molar-refractivity contribution in [3.63, 3.8) is 0 Å². The van der Waals surface area contributed by atoms with Crippen LogP contribution in [0.1, 0.15) is 77.6 Å². The first-order valence-electron chi connectivity index (χ1n) is 9.20. The van der Waals surface area contributed by atoms with Crippen LogP contribution in [0.15, 0.2) is 0 Å². The molecule has 0 aromatic rings. The van der Waals surface area contributed by atoms with E-state index < -0.39 is 0 Å². The lowest BCUT2D eigenvalue weighted by atomic mass is 9.55. The summed E-state index contributed by atoms with van der Waals surface area (Å²) in [5.74, 6) is 0.954. The topological polar surface area (TPSA) is 21.3 Å². The first-order chi connectivity index (χ1) is 9.85. The maximum absolute atomic E-state index is 6.05. The van der Waals surface area contributed by atoms with Crippen molar-refractivity contribution in [3.05, 3.63) is 0 Å². The maximum atomic E-state index is 6.05. The van der Waals surface area contributed by atoms with Crippen molar-refractivity contribution in [2.75, 3.05) is 13.2 Å². The van der Waals surface area contributed by atoms with Gasteiger partial charge < -0.3 is 10.1 Å². The van der Waals surface area contributed by atoms with E-state index in [-0.39, 0.29) is 0 Å². The van der Waals surface area contributed by atoms with E-state index in [2.05, 4.69) is 12.2 Å². The molecule has 1 spiro atoms. The molecule has 0 aliphatic heterocycles. The van der Waals surface area contributed by atoms with E-state index in [9.17, 15) is 0 Å². The molecule has 0 aromatic heterocycles. The molecule has 20 heavy (non-hydrogen) atoms. The van der Waals surface area contributed by atoms with Gasteiger partial charge in [0.25, 0.3) is 0 Å². The maximum Gasteiger partial charge on any atom is 0.0661 e. The highest BCUT2D eigenvalue weighted by Crippen LogP contribution is 2.53. The number of rotatable bonds is 5. The molecule has 3 aliphatic carbocycles. The minimum atomic E-state index is 0.503. The van der Waals surface area contributed by atoms with Crippen LogP contribution in [0.2, 0.25) is 0 Å². The molecule has 0 aromatic carbocycles. The summed E-state index contributed by atoms with van der Waals surface area (Å²) in [7, 11) is 0. The van der Waals surface area contributed by atoms with Crippen LogP contribution in [0.5, 0.6) is 0 Å². The minimum Gasteiger partial charge on any atom is -0.378 e. The van der Waals surface area contributed by atoms with Crippen LogP contribution >= 0.6 is 0 Å². The summed E-state index contributed by atoms with van der Waals surface area (Å²) < 4.78 is 6.05. The zero-order chi connectivity index (χ0) is 13.8. The van der Waals surface area contributed by atoms with Crippen LogP contribution < -0.4 is 5.32 Å². The lowest BCUT2D eigenvalue weighted by Crippen LogP contribution is -2.65. The predicted molar refractivity (Wildman–Crippen MR) is 83.9 cm³/mol. The summed E-state index contributed by atoms with van der Waals surface area (Å²) >= 11 is 0. The number of hydrogen-bond acceptors (Lipinski definition) is 2. The van der Waals surface area contributed by atoms with Crippen LogP contribution in [0.3, 0.4) is 0 Å². The van der Waals surface area contributed by atoms with Gasteiger partial charge in [0, 0.05) is 18.1 Å². The molecule has 3 aliphatic rings. The van der Waals surface area contributed by atoms with Crippen molar-refractivity contribution in [1.82, 2.24) is 5.32 Å². The molecule has 3 saturated carbocycles. The molecular weight excluding hydrogens is 246 g/mol. The van der Waals surface area contributed by atoms with E-state index in [4.69, 9.17) is 4.74 Å². The van der Waals surface area contributed by atoms with E-state index in [0.717, 1.165) is 18.6 Å². The fourth-order valence-electron chi connectivity index (χ4n) is 5.05. The van der Waals surface area contributed by atoms with E-state index in [1.165, 1.54) is 77.2 Å². The van der Waals surface area contributed by atoms with Crippen molar-refractivity contribution in [2.45, 2.75) is 89.7 Å². The van der Waals surface area contributed by atoms with Gasteiger partial charge in [0.15, 0.2) is 0 Å². The molecule has 0 heterocycles. The number of ether oxygens (including phenoxy) is 1. The summed E-state index contributed by atoms with van der Waals surface area (Å²) in [6.07, 6.45) is 16.2. The lowest BCUT2D eigenvalue weighted by molar-refractivity contribution is -0.150. The van der Waals surface area contributed by atoms with E-state index in [1.807, 2.05) is 0 Å². The Morgan fingerprint density at radius 1 is 1.00 bits per heavy atom. The molecule has 2 unspecified atom stereocenters. The number of hydrogen-bond donors (Lipinski definition) is 1. The van der Waals surface area contributed by atoms with Crippen molar-refractivity contribution in [2.24, 2.45) is 11.3 Å². The second-order valence-corrected chi connectivity index (χ2v) is 7.44. The van der Waals surface area contributed by atoms with Gasteiger partial charge >= 0.3 is 0 Å². The first kappa shape index (κ1) is 14.8. The van der Waals surface area contributed by atoms with Crippen LogP contribution in [0.4, 0.5) is 0 Å². The van der Waals surface area contributed by atoms with Crippen molar-refractivity contribution in [3.8, 4) is 0 Å². The SMILES string of the molecule is CCOC1CC(NCC2CCCCC2)C12CCCCC2. The molecule has 0 radical (unpaired) electrons. The Kier molecular flexibility index (Phi) is 5.04. The summed E-state index contributed by atoms with van der Waals surface area (Å²) in [6.45, 7) is 4.31. The third-order valence-corrected chi connectivity index (χ3v) is 6.31. The standard InChI is InChI=1S/C18H33NO/c1-2-20-17-13-16(18(17)11-7-4-8-12-18)19-14-15-9-5-3-6-10-15/h15-17,19H,2-14H2,1H3. The quantitative estimate of drug-likeness (QED) is 0.811. The predicted octanol–water partition coefficient (Wildman–Crippen LogP) is 4.28. The molecule has 1 N–H and O–H groups in total. The molecule has 3 rings (SSSR count). The van der Waals surface area contributed by atoms with Crippen LogP contribution in [-0.4, -0.2) is 25.3 Å². The first-order valence-corrected chi connectivity index (χ1v) is 9.20. The van der Waals surface area contributed by atoms with Crippen molar-refractivity contribution >= 4 is 0 Å². The molecule has 0 bridgehead atoms. The second kappa shape index (κ2) is 6.79. The lowest BCUT2D eigenvalue weighted by Gasteiger charge is -2.58. The molecular formula is C18H33NO. The van der Waals surface area contributed by atoms with Crippen molar-refractivity contribution < 1.29 is 4.74 Å². The highest BCUT2D eigenvalue weighted by molar-refractivity contribution is 5.09. The third kappa shape index (κ3) is 2.92. The Morgan fingerprint density at radius 3 is 2.40 bits per heavy atom. The summed E-state index contributed by atoms with van der Waals surface area (Å²) in [6, 6.07) is 0.751. The Balaban J connectivity index is 1.52. The third-order valence-electron chi connectivity index (χ3n) is 6.31. The fourth-order valence-corrected chi connectivity index (χ4v) is 5.05. The second-order valence-electron chi connectivity index (χ2n) is 7.44. The Morgan fingerprint density at radius 2 is 1.70 bits per heavy atom. The van der Waals surface area contributed by atoms with Gasteiger partial charge in [0.2, 0.25) is 0 Å². The van der Waals surface area contributed by atoms with Gasteiger partial charge in [-0.2, -0.15) is 0 Å². The van der Waals surface area contributed by atoms with Crippen LogP contribution in [-0.2, 0) is 4.74 Å². The summed E-state index contributed by atoms with van der Waals surface area (Å²) in [5, 5.41) is 3.96. The highest BCUT2D eigenvalue weighted by atomic mass is 16.5. The average molecular weight is 279 g/mol. The summed E-state index contributed by atoms with van der Waals surface area (Å²) in [5.41, 5.74) is 0.503. The Hall–Kier alpha value is -0.0800. The van der Waals surface area contributed by atoms with E-state index in [0.29, 0.717) is 11.5 Å². The van der Waals surface area contributed by atoms with Crippen molar-refractivity contribution in [1.29, 1.82) is 0 Å². The van der Waals surface area contributed by atoms with E-state index in [1.54, 1.807) is 0 Å². The molecule has 0 saturated heterocycles. The molecule has 116 valence electrons. The zero-order valence-corrected chi connectivity index (χ0v) is 13.3. The Labute approximate surface area is 125 Å². The zero-order valence-electron chi connectivity index (χ0n) is 13.3. The fraction of sp³-hybridized carbons (Fsp3) is 1.00. The summed E-state index contributed by atoms with van der Waals surface area (Å²) in [4.78, 5) is 0. The Bertz CT molecular complexity index is 292. The average Bonchev–Trinajstić information content (AvgIpc) is 2.52. The van der Waals surface area contributed by atoms with Gasteiger partial charge in [-0.05, 0) is 51.5 Å². The highest BCUT2D eigenvalue weighted by Gasteiger charge is 2.55. The normalized spacial score (nSPS) is 34.0. The molecule has 2 heteroatoms. The van der Waals surface area contributed by atoms with Gasteiger partial charge in [-0.25, -0.2) is 0 Å². The molecule has 0 amide bonds. The van der Waals surface area contributed by atoms with Gasteiger partial charge in [-0.1, -0.05) is 38.5 Å². The minimum absolute atomic E-state index is 0.503. The molecule has 2 atom stereocenters. The van der Waals surface area contributed by atoms with Crippen LogP contribution in [0.25, 0.3) is 0 Å². The smallest absolute Gasteiger partial charge is 0.0661 e. The van der Waals surface area contributed by atoms with Gasteiger partial charge in [-0.3, -0.25) is 0 Å². The molecule has 3 fully saturated rings. The van der Waals surface area contributed by atoms with Crippen LogP contribution in [0, 0.1) is 11.3 Å². The number of nitrogens with one attached hydrogen (secondary N) is 1. The van der Waals surface area contributed by atoms with E-state index >= 15 is 0 Å². The van der Waals surface area contributed by atoms with Gasteiger partial charge in [0.05, 0.1) is 6.10 Å². The monoisotopic (exact) mass is 279 g/mol. The largest absolute Gasteiger partial charge is 0.378 e. The van der Waals surface area contributed by atoms with Gasteiger partial charge in [0.1, 0.15) is 0 Å². The van der Waals surface area contributed by atoms with Gasteiger partial charge in [-0.15, -0.1) is 0 Å². The molecule has 2 nitrogen and oxygen atoms in total.